The molecule has 2 nitrogen and oxygen atoms in total. The summed E-state index contributed by atoms with van der Waals surface area (Å²) in [6.07, 6.45) is 4.90. The lowest BCUT2D eigenvalue weighted by Crippen LogP contribution is -2.67. The second kappa shape index (κ2) is 2.84. The van der Waals surface area contributed by atoms with Crippen LogP contribution in [-0.2, 0) is 0 Å². The van der Waals surface area contributed by atoms with E-state index in [0.29, 0.717) is 17.8 Å². The molecular formula is C14H24O2. The summed E-state index contributed by atoms with van der Waals surface area (Å²) in [5.74, 6) is 1.32. The van der Waals surface area contributed by atoms with Crippen molar-refractivity contribution in [3.8, 4) is 0 Å². The highest BCUT2D eigenvalue weighted by Crippen LogP contribution is 2.63. The monoisotopic (exact) mass is 224 g/mol. The zero-order valence-electron chi connectivity index (χ0n) is 10.7. The molecule has 2 N–H and O–H groups in total. The van der Waals surface area contributed by atoms with Crippen LogP contribution in [0.2, 0.25) is 0 Å². The highest BCUT2D eigenvalue weighted by atomic mass is 16.3. The number of rotatable bonds is 0. The highest BCUT2D eigenvalue weighted by molar-refractivity contribution is 5.15. The molecule has 92 valence electrons. The molecule has 0 aliphatic heterocycles. The van der Waals surface area contributed by atoms with Crippen LogP contribution in [0.25, 0.3) is 0 Å². The van der Waals surface area contributed by atoms with Crippen molar-refractivity contribution < 1.29 is 10.2 Å². The Morgan fingerprint density at radius 3 is 1.81 bits per heavy atom. The number of hydrogen-bond acceptors (Lipinski definition) is 2. The molecule has 4 bridgehead atoms. The third-order valence-electron chi connectivity index (χ3n) is 5.60. The van der Waals surface area contributed by atoms with Gasteiger partial charge in [-0.15, -0.1) is 0 Å². The molecule has 16 heavy (non-hydrogen) atoms. The normalized spacial score (nSPS) is 55.7. The van der Waals surface area contributed by atoms with Crippen molar-refractivity contribution in [2.75, 3.05) is 0 Å². The van der Waals surface area contributed by atoms with Crippen molar-refractivity contribution in [2.45, 2.75) is 64.1 Å². The summed E-state index contributed by atoms with van der Waals surface area (Å²) in [6, 6.07) is 0. The molecule has 0 heterocycles. The first-order chi connectivity index (χ1) is 7.25. The first-order valence-electron chi connectivity index (χ1n) is 6.69. The maximum atomic E-state index is 11.1. The lowest BCUT2D eigenvalue weighted by atomic mass is 9.44. The third kappa shape index (κ3) is 1.20. The summed E-state index contributed by atoms with van der Waals surface area (Å²) in [5.41, 5.74) is -1.05. The van der Waals surface area contributed by atoms with Gasteiger partial charge in [-0.2, -0.15) is 0 Å². The predicted molar refractivity (Wildman–Crippen MR) is 62.9 cm³/mol. The van der Waals surface area contributed by atoms with E-state index in [9.17, 15) is 10.2 Å². The predicted octanol–water partition coefficient (Wildman–Crippen LogP) is 2.33. The minimum Gasteiger partial charge on any atom is -0.390 e. The highest BCUT2D eigenvalue weighted by Gasteiger charge is 2.64. The topological polar surface area (TPSA) is 40.5 Å². The molecule has 0 aromatic rings. The summed E-state index contributed by atoms with van der Waals surface area (Å²) in [6.45, 7) is 6.46. The van der Waals surface area contributed by atoms with E-state index in [2.05, 4.69) is 20.8 Å². The van der Waals surface area contributed by atoms with Gasteiger partial charge < -0.3 is 10.2 Å². The van der Waals surface area contributed by atoms with Crippen LogP contribution in [0.1, 0.15) is 52.9 Å². The van der Waals surface area contributed by atoms with Crippen molar-refractivity contribution in [1.29, 1.82) is 0 Å². The molecule has 2 atom stereocenters. The summed E-state index contributed by atoms with van der Waals surface area (Å²) in [5, 5.41) is 21.6. The van der Waals surface area contributed by atoms with Gasteiger partial charge in [0.1, 0.15) is 0 Å². The van der Waals surface area contributed by atoms with E-state index in [1.807, 2.05) is 0 Å². The number of hydrogen-bond donors (Lipinski definition) is 2. The average Bonchev–Trinajstić information content (AvgIpc) is 2.09. The largest absolute Gasteiger partial charge is 0.390 e. The second-order valence-corrected chi connectivity index (χ2v) is 7.64. The van der Waals surface area contributed by atoms with Crippen LogP contribution in [0.15, 0.2) is 0 Å². The van der Waals surface area contributed by atoms with Crippen LogP contribution in [0.4, 0.5) is 0 Å². The summed E-state index contributed by atoms with van der Waals surface area (Å²) >= 11 is 0. The summed E-state index contributed by atoms with van der Waals surface area (Å²) in [7, 11) is 0. The van der Waals surface area contributed by atoms with E-state index in [-0.39, 0.29) is 5.41 Å². The van der Waals surface area contributed by atoms with Crippen LogP contribution >= 0.6 is 0 Å². The molecule has 4 saturated carbocycles. The fourth-order valence-electron chi connectivity index (χ4n) is 5.17. The molecule has 4 aliphatic rings. The zero-order valence-corrected chi connectivity index (χ0v) is 10.7. The molecular weight excluding hydrogens is 200 g/mol. The maximum Gasteiger partial charge on any atom is 0.0754 e. The van der Waals surface area contributed by atoms with E-state index >= 15 is 0 Å². The lowest BCUT2D eigenvalue weighted by molar-refractivity contribution is -0.261. The summed E-state index contributed by atoms with van der Waals surface area (Å²) in [4.78, 5) is 0. The minimum absolute atomic E-state index is 0.0635. The van der Waals surface area contributed by atoms with Crippen LogP contribution in [0.3, 0.4) is 0 Å². The fourth-order valence-corrected chi connectivity index (χ4v) is 5.17. The van der Waals surface area contributed by atoms with Crippen LogP contribution in [0.5, 0.6) is 0 Å². The molecule has 0 aromatic carbocycles. The van der Waals surface area contributed by atoms with Crippen LogP contribution < -0.4 is 0 Å². The van der Waals surface area contributed by atoms with Gasteiger partial charge in [0.2, 0.25) is 0 Å². The zero-order chi connectivity index (χ0) is 11.8. The Labute approximate surface area is 98.1 Å². The Morgan fingerprint density at radius 1 is 0.938 bits per heavy atom. The van der Waals surface area contributed by atoms with Gasteiger partial charge in [-0.3, -0.25) is 0 Å². The van der Waals surface area contributed by atoms with Crippen molar-refractivity contribution in [3.63, 3.8) is 0 Å². The molecule has 0 saturated heterocycles. The van der Waals surface area contributed by atoms with Gasteiger partial charge >= 0.3 is 0 Å². The molecule has 4 aliphatic carbocycles. The van der Waals surface area contributed by atoms with E-state index < -0.39 is 11.2 Å². The van der Waals surface area contributed by atoms with Gasteiger partial charge in [0.25, 0.3) is 0 Å². The Morgan fingerprint density at radius 2 is 1.44 bits per heavy atom. The van der Waals surface area contributed by atoms with Crippen molar-refractivity contribution in [2.24, 2.45) is 23.2 Å². The van der Waals surface area contributed by atoms with Gasteiger partial charge in [-0.05, 0) is 55.3 Å². The van der Waals surface area contributed by atoms with E-state index in [4.69, 9.17) is 0 Å². The quantitative estimate of drug-likeness (QED) is 0.663. The van der Waals surface area contributed by atoms with Crippen molar-refractivity contribution in [3.05, 3.63) is 0 Å². The molecule has 4 rings (SSSR count). The van der Waals surface area contributed by atoms with Gasteiger partial charge in [0.15, 0.2) is 0 Å². The molecule has 4 fully saturated rings. The molecule has 0 amide bonds. The Bertz CT molecular complexity index is 299. The molecule has 0 aromatic heterocycles. The van der Waals surface area contributed by atoms with Gasteiger partial charge in [-0.1, -0.05) is 20.8 Å². The third-order valence-corrected chi connectivity index (χ3v) is 5.60. The van der Waals surface area contributed by atoms with Gasteiger partial charge in [0, 0.05) is 0 Å². The fraction of sp³-hybridized carbons (Fsp3) is 1.00. The van der Waals surface area contributed by atoms with Gasteiger partial charge in [-0.25, -0.2) is 0 Å². The minimum atomic E-state index is -0.545. The van der Waals surface area contributed by atoms with E-state index in [0.717, 1.165) is 32.1 Å². The van der Waals surface area contributed by atoms with Crippen LogP contribution in [-0.4, -0.2) is 21.4 Å². The first kappa shape index (κ1) is 11.0. The average molecular weight is 224 g/mol. The SMILES string of the molecule is CC(C)(C)C1(O)C2CC3CC1CC(O)(C3)C2. The molecule has 2 heteroatoms. The lowest BCUT2D eigenvalue weighted by Gasteiger charge is -2.65. The second-order valence-electron chi connectivity index (χ2n) is 7.64. The van der Waals surface area contributed by atoms with Crippen molar-refractivity contribution >= 4 is 0 Å². The summed E-state index contributed by atoms with van der Waals surface area (Å²) < 4.78 is 0. The molecule has 0 spiro atoms. The first-order valence-corrected chi connectivity index (χ1v) is 6.69. The van der Waals surface area contributed by atoms with Gasteiger partial charge in [0.05, 0.1) is 11.2 Å². The number of aliphatic hydroxyl groups is 2. The van der Waals surface area contributed by atoms with E-state index in [1.54, 1.807) is 0 Å². The molecule has 2 unspecified atom stereocenters. The standard InChI is InChI=1S/C14H24O2/c1-12(2,3)14(16)10-4-9-5-11(14)8-13(15,6-9)7-10/h9-11,15-16H,4-8H2,1-3H3. The Kier molecular flexibility index (Phi) is 1.96. The Hall–Kier alpha value is -0.0800. The molecule has 0 radical (unpaired) electrons. The van der Waals surface area contributed by atoms with Crippen LogP contribution in [0, 0.1) is 23.2 Å². The maximum absolute atomic E-state index is 11.1. The Balaban J connectivity index is 2.00. The smallest absolute Gasteiger partial charge is 0.0754 e. The van der Waals surface area contributed by atoms with Crippen molar-refractivity contribution in [1.82, 2.24) is 0 Å². The van der Waals surface area contributed by atoms with E-state index in [1.165, 1.54) is 0 Å².